The van der Waals surface area contributed by atoms with Gasteiger partial charge in [-0.1, -0.05) is 0 Å². The Morgan fingerprint density at radius 3 is 2.27 bits per heavy atom. The summed E-state index contributed by atoms with van der Waals surface area (Å²) in [7, 11) is 1.60. The summed E-state index contributed by atoms with van der Waals surface area (Å²) >= 11 is 0. The maximum absolute atomic E-state index is 13.1. The van der Waals surface area contributed by atoms with Crippen LogP contribution in [-0.2, 0) is 4.79 Å². The van der Waals surface area contributed by atoms with Crippen molar-refractivity contribution in [1.82, 2.24) is 4.90 Å². The molecule has 1 amide bonds. The molecular weight excluding hydrogens is 418 g/mol. The Bertz CT molecular complexity index is 959. The van der Waals surface area contributed by atoms with Crippen LogP contribution < -0.4 is 14.4 Å². The summed E-state index contributed by atoms with van der Waals surface area (Å²) in [6.45, 7) is 4.48. The van der Waals surface area contributed by atoms with E-state index in [1.165, 1.54) is 0 Å². The van der Waals surface area contributed by atoms with Crippen LogP contribution >= 0.6 is 0 Å². The Labute approximate surface area is 195 Å². The molecule has 3 rings (SSSR count). The van der Waals surface area contributed by atoms with Crippen molar-refractivity contribution >= 4 is 17.4 Å². The molecule has 2 aromatic carbocycles. The molecule has 0 aliphatic carbocycles. The maximum Gasteiger partial charge on any atom is 0.241 e. The van der Waals surface area contributed by atoms with Crippen LogP contribution in [0, 0.1) is 17.2 Å². The number of carbonyl (C=O) groups excluding carboxylic acids is 2. The molecule has 7 heteroatoms. The third kappa shape index (κ3) is 6.56. The topological polar surface area (TPSA) is 82.9 Å². The number of ether oxygens (including phenoxy) is 2. The Kier molecular flexibility index (Phi) is 8.85. The van der Waals surface area contributed by atoms with Gasteiger partial charge in [0, 0.05) is 23.7 Å². The van der Waals surface area contributed by atoms with Crippen LogP contribution in [0.15, 0.2) is 48.5 Å². The minimum atomic E-state index is -0.0469. The highest BCUT2D eigenvalue weighted by atomic mass is 16.5. The number of piperidine rings is 1. The van der Waals surface area contributed by atoms with Gasteiger partial charge in [0.05, 0.1) is 32.8 Å². The number of Topliss-reactive ketones (excluding diaryl/α,β-unsaturated/α-hetero) is 1. The van der Waals surface area contributed by atoms with E-state index in [0.717, 1.165) is 30.0 Å². The van der Waals surface area contributed by atoms with Gasteiger partial charge in [-0.2, -0.15) is 5.26 Å². The number of anilines is 1. The van der Waals surface area contributed by atoms with Crippen molar-refractivity contribution in [3.63, 3.8) is 0 Å². The molecule has 2 aromatic rings. The van der Waals surface area contributed by atoms with Crippen molar-refractivity contribution in [2.75, 3.05) is 44.8 Å². The second-order valence-corrected chi connectivity index (χ2v) is 8.02. The van der Waals surface area contributed by atoms with Crippen LogP contribution in [0.4, 0.5) is 5.69 Å². The van der Waals surface area contributed by atoms with Crippen molar-refractivity contribution in [1.29, 1.82) is 5.26 Å². The predicted molar refractivity (Wildman–Crippen MR) is 127 cm³/mol. The Balaban J connectivity index is 1.57. The molecule has 7 nitrogen and oxygen atoms in total. The van der Waals surface area contributed by atoms with E-state index in [4.69, 9.17) is 14.7 Å². The zero-order valence-electron chi connectivity index (χ0n) is 19.3. The van der Waals surface area contributed by atoms with Crippen molar-refractivity contribution < 1.29 is 19.1 Å². The highest BCUT2D eigenvalue weighted by Gasteiger charge is 2.28. The number of methoxy groups -OCH3 is 1. The quantitative estimate of drug-likeness (QED) is 0.511. The lowest BCUT2D eigenvalue weighted by molar-refractivity contribution is -0.120. The molecule has 0 saturated carbocycles. The number of likely N-dealkylation sites (tertiary alicyclic amines) is 1. The largest absolute Gasteiger partial charge is 0.497 e. The molecule has 1 aliphatic rings. The molecule has 174 valence electrons. The number of hydrogen-bond donors (Lipinski definition) is 0. The van der Waals surface area contributed by atoms with E-state index >= 15 is 0 Å². The van der Waals surface area contributed by atoms with Gasteiger partial charge in [0.15, 0.2) is 5.78 Å². The van der Waals surface area contributed by atoms with Gasteiger partial charge in [-0.05, 0) is 81.4 Å². The van der Waals surface area contributed by atoms with E-state index in [9.17, 15) is 9.59 Å². The van der Waals surface area contributed by atoms with Gasteiger partial charge in [-0.15, -0.1) is 0 Å². The fraction of sp³-hybridized carbons (Fsp3) is 0.423. The lowest BCUT2D eigenvalue weighted by Gasteiger charge is -2.32. The monoisotopic (exact) mass is 449 g/mol. The van der Waals surface area contributed by atoms with Crippen molar-refractivity contribution in [2.24, 2.45) is 5.92 Å². The Morgan fingerprint density at radius 2 is 1.70 bits per heavy atom. The summed E-state index contributed by atoms with van der Waals surface area (Å²) in [6.07, 6.45) is 1.70. The summed E-state index contributed by atoms with van der Waals surface area (Å²) in [4.78, 5) is 29.7. The molecule has 0 bridgehead atoms. The minimum Gasteiger partial charge on any atom is -0.497 e. The summed E-state index contributed by atoms with van der Waals surface area (Å²) in [6, 6.07) is 16.7. The first-order valence-electron chi connectivity index (χ1n) is 11.4. The molecule has 1 aliphatic heterocycles. The zero-order valence-corrected chi connectivity index (χ0v) is 19.3. The molecule has 1 fully saturated rings. The number of benzene rings is 2. The number of carbonyl (C=O) groups is 2. The molecule has 1 heterocycles. The number of amides is 1. The average molecular weight is 450 g/mol. The summed E-state index contributed by atoms with van der Waals surface area (Å²) in [5, 5.41) is 9.03. The first-order valence-corrected chi connectivity index (χ1v) is 11.4. The molecule has 1 saturated heterocycles. The van der Waals surface area contributed by atoms with Gasteiger partial charge in [0.2, 0.25) is 5.91 Å². The number of hydrogen-bond acceptors (Lipinski definition) is 6. The number of nitriles is 1. The fourth-order valence-electron chi connectivity index (χ4n) is 4.07. The first kappa shape index (κ1) is 24.3. The van der Waals surface area contributed by atoms with Crippen LogP contribution in [-0.4, -0.2) is 56.5 Å². The van der Waals surface area contributed by atoms with Gasteiger partial charge in [0.25, 0.3) is 0 Å². The molecule has 0 N–H and O–H groups in total. The fourth-order valence-corrected chi connectivity index (χ4v) is 4.07. The van der Waals surface area contributed by atoms with E-state index in [1.807, 2.05) is 31.2 Å². The number of ketones is 1. The zero-order chi connectivity index (χ0) is 23.6. The molecule has 0 aromatic heterocycles. The predicted octanol–water partition coefficient (Wildman–Crippen LogP) is 3.94. The van der Waals surface area contributed by atoms with E-state index < -0.39 is 0 Å². The molecule has 0 spiro atoms. The van der Waals surface area contributed by atoms with Crippen LogP contribution in [0.1, 0.15) is 36.5 Å². The van der Waals surface area contributed by atoms with Crippen LogP contribution in [0.3, 0.4) is 0 Å². The summed E-state index contributed by atoms with van der Waals surface area (Å²) in [5.41, 5.74) is 1.45. The summed E-state index contributed by atoms with van der Waals surface area (Å²) in [5.74, 6) is 1.54. The third-order valence-corrected chi connectivity index (χ3v) is 5.90. The van der Waals surface area contributed by atoms with Crippen molar-refractivity contribution in [3.05, 3.63) is 54.1 Å². The minimum absolute atomic E-state index is 0.0365. The smallest absolute Gasteiger partial charge is 0.241 e. The van der Waals surface area contributed by atoms with Crippen molar-refractivity contribution in [2.45, 2.75) is 26.2 Å². The standard InChI is InChI=1S/C26H31N3O4/c1-3-33-24-11-7-22(8-12-24)29(16-4-15-27)25(30)19-28-17-13-21(14-18-28)26(31)20-5-9-23(32-2)10-6-20/h5-12,21H,3-4,13-14,16-19H2,1-2H3. The molecular formula is C26H31N3O4. The highest BCUT2D eigenvalue weighted by Crippen LogP contribution is 2.24. The lowest BCUT2D eigenvalue weighted by Crippen LogP contribution is -2.44. The lowest BCUT2D eigenvalue weighted by atomic mass is 9.89. The second-order valence-electron chi connectivity index (χ2n) is 8.02. The highest BCUT2D eigenvalue weighted by molar-refractivity contribution is 5.98. The average Bonchev–Trinajstić information content (AvgIpc) is 2.85. The van der Waals surface area contributed by atoms with Crippen molar-refractivity contribution in [3.8, 4) is 17.6 Å². The van der Waals surface area contributed by atoms with Crippen LogP contribution in [0.5, 0.6) is 11.5 Å². The normalized spacial score (nSPS) is 14.3. The van der Waals surface area contributed by atoms with E-state index in [2.05, 4.69) is 11.0 Å². The summed E-state index contributed by atoms with van der Waals surface area (Å²) < 4.78 is 10.6. The van der Waals surface area contributed by atoms with Crippen LogP contribution in [0.2, 0.25) is 0 Å². The van der Waals surface area contributed by atoms with Gasteiger partial charge in [-0.3, -0.25) is 14.5 Å². The number of rotatable bonds is 10. The van der Waals surface area contributed by atoms with E-state index in [-0.39, 0.29) is 30.6 Å². The van der Waals surface area contributed by atoms with Gasteiger partial charge < -0.3 is 14.4 Å². The van der Waals surface area contributed by atoms with E-state index in [1.54, 1.807) is 36.3 Å². The molecule has 0 radical (unpaired) electrons. The first-order chi connectivity index (χ1) is 16.0. The Hall–Kier alpha value is -3.37. The molecule has 0 unspecified atom stereocenters. The Morgan fingerprint density at radius 1 is 1.06 bits per heavy atom. The number of nitrogens with zero attached hydrogens (tertiary/aromatic N) is 3. The van der Waals surface area contributed by atoms with Gasteiger partial charge in [0.1, 0.15) is 11.5 Å². The molecule has 0 atom stereocenters. The third-order valence-electron chi connectivity index (χ3n) is 5.90. The van der Waals surface area contributed by atoms with E-state index in [0.29, 0.717) is 31.8 Å². The van der Waals surface area contributed by atoms with Gasteiger partial charge >= 0.3 is 0 Å². The second kappa shape index (κ2) is 12.0. The molecule has 33 heavy (non-hydrogen) atoms. The van der Waals surface area contributed by atoms with Gasteiger partial charge in [-0.25, -0.2) is 0 Å². The maximum atomic E-state index is 13.1. The SMILES string of the molecule is CCOc1ccc(N(CCC#N)C(=O)CN2CCC(C(=O)c3ccc(OC)cc3)CC2)cc1. The van der Waals surface area contributed by atoms with Crippen LogP contribution in [0.25, 0.3) is 0 Å².